The van der Waals surface area contributed by atoms with E-state index in [9.17, 15) is 4.79 Å². The van der Waals surface area contributed by atoms with Crippen LogP contribution in [0.3, 0.4) is 0 Å². The van der Waals surface area contributed by atoms with Crippen molar-refractivity contribution in [3.63, 3.8) is 0 Å². The van der Waals surface area contributed by atoms with Crippen molar-refractivity contribution in [2.75, 3.05) is 18.5 Å². The molecule has 1 heterocycles. The highest BCUT2D eigenvalue weighted by molar-refractivity contribution is 8.00. The molecule has 0 aromatic heterocycles. The Hall–Kier alpha value is -1.16. The van der Waals surface area contributed by atoms with Gasteiger partial charge in [-0.1, -0.05) is 13.0 Å². The molecule has 0 radical (unpaired) electrons. The third kappa shape index (κ3) is 2.02. The van der Waals surface area contributed by atoms with E-state index in [4.69, 9.17) is 5.11 Å². The summed E-state index contributed by atoms with van der Waals surface area (Å²) in [4.78, 5) is 14.1. The molecule has 4 heteroatoms. The first-order chi connectivity index (χ1) is 7.61. The van der Waals surface area contributed by atoms with Gasteiger partial charge in [-0.2, -0.15) is 0 Å². The van der Waals surface area contributed by atoms with Crippen LogP contribution in [0.25, 0.3) is 0 Å². The van der Waals surface area contributed by atoms with Gasteiger partial charge in [0.05, 0.1) is 5.69 Å². The van der Waals surface area contributed by atoms with E-state index in [-0.39, 0.29) is 5.25 Å². The van der Waals surface area contributed by atoms with Crippen molar-refractivity contribution < 1.29 is 9.90 Å². The summed E-state index contributed by atoms with van der Waals surface area (Å²) in [5.74, 6) is -0.732. The lowest BCUT2D eigenvalue weighted by molar-refractivity contribution is -0.136. The van der Waals surface area contributed by atoms with E-state index in [1.807, 2.05) is 11.9 Å². The van der Waals surface area contributed by atoms with Gasteiger partial charge in [0.1, 0.15) is 5.25 Å². The average Bonchev–Trinajstić information content (AvgIpc) is 2.28. The van der Waals surface area contributed by atoms with Crippen LogP contribution in [0.15, 0.2) is 23.1 Å². The summed E-state index contributed by atoms with van der Waals surface area (Å²) in [7, 11) is 1.94. The van der Waals surface area contributed by atoms with E-state index in [0.717, 1.165) is 17.0 Å². The topological polar surface area (TPSA) is 40.5 Å². The van der Waals surface area contributed by atoms with Crippen LogP contribution >= 0.6 is 11.8 Å². The lowest BCUT2D eigenvalue weighted by atomic mass is 10.1. The number of carboxylic acid groups (broad SMARTS) is 1. The Labute approximate surface area is 99.5 Å². The summed E-state index contributed by atoms with van der Waals surface area (Å²) in [6, 6.07) is 6.29. The van der Waals surface area contributed by atoms with E-state index in [1.54, 1.807) is 0 Å². The van der Waals surface area contributed by atoms with Crippen LogP contribution in [0, 0.1) is 0 Å². The van der Waals surface area contributed by atoms with Crippen molar-refractivity contribution in [3.05, 3.63) is 23.8 Å². The Morgan fingerprint density at radius 1 is 1.62 bits per heavy atom. The summed E-state index contributed by atoms with van der Waals surface area (Å²) in [5.41, 5.74) is 2.39. The van der Waals surface area contributed by atoms with Gasteiger partial charge >= 0.3 is 5.97 Å². The third-order valence-electron chi connectivity index (χ3n) is 2.83. The number of aliphatic carboxylic acids is 1. The van der Waals surface area contributed by atoms with Gasteiger partial charge in [-0.25, -0.2) is 0 Å². The second kappa shape index (κ2) is 4.37. The first kappa shape index (κ1) is 11.3. The van der Waals surface area contributed by atoms with E-state index in [0.29, 0.717) is 6.54 Å². The number of thioether (sulfide) groups is 1. The molecule has 0 aliphatic carbocycles. The summed E-state index contributed by atoms with van der Waals surface area (Å²) in [5, 5.41) is 8.70. The quantitative estimate of drug-likeness (QED) is 0.856. The summed E-state index contributed by atoms with van der Waals surface area (Å²) < 4.78 is 0. The molecule has 0 saturated heterocycles. The second-order valence-corrected chi connectivity index (χ2v) is 5.23. The Morgan fingerprint density at radius 3 is 3.00 bits per heavy atom. The molecular weight excluding hydrogens is 222 g/mol. The van der Waals surface area contributed by atoms with Gasteiger partial charge in [-0.05, 0) is 24.1 Å². The van der Waals surface area contributed by atoms with Crippen molar-refractivity contribution in [1.29, 1.82) is 0 Å². The van der Waals surface area contributed by atoms with Gasteiger partial charge in [0, 0.05) is 18.5 Å². The van der Waals surface area contributed by atoms with Crippen molar-refractivity contribution in [3.8, 4) is 0 Å². The molecule has 86 valence electrons. The first-order valence-electron chi connectivity index (χ1n) is 5.35. The van der Waals surface area contributed by atoms with Crippen LogP contribution in [0.4, 0.5) is 5.69 Å². The smallest absolute Gasteiger partial charge is 0.318 e. The largest absolute Gasteiger partial charge is 0.480 e. The summed E-state index contributed by atoms with van der Waals surface area (Å²) in [6.45, 7) is 2.67. The molecule has 1 aliphatic rings. The molecule has 0 amide bonds. The Balaban J connectivity index is 2.35. The van der Waals surface area contributed by atoms with Crippen LogP contribution in [0.1, 0.15) is 12.5 Å². The maximum Gasteiger partial charge on any atom is 0.318 e. The Bertz CT molecular complexity index is 419. The number of benzene rings is 1. The molecule has 1 aromatic rings. The van der Waals surface area contributed by atoms with Crippen LogP contribution in [-0.2, 0) is 11.2 Å². The molecule has 1 N–H and O–H groups in total. The fraction of sp³-hybridized carbons (Fsp3) is 0.417. The number of anilines is 1. The maximum absolute atomic E-state index is 11.0. The molecule has 0 saturated carbocycles. The van der Waals surface area contributed by atoms with Crippen LogP contribution in [-0.4, -0.2) is 29.9 Å². The van der Waals surface area contributed by atoms with E-state index >= 15 is 0 Å². The number of carboxylic acids is 1. The van der Waals surface area contributed by atoms with Crippen LogP contribution in [0.2, 0.25) is 0 Å². The standard InChI is InChI=1S/C12H15NO2S/c1-3-8-4-5-9-10(6-8)16-11(12(14)15)7-13(9)2/h4-6,11H,3,7H2,1-2H3,(H,14,15). The summed E-state index contributed by atoms with van der Waals surface area (Å²) in [6.07, 6.45) is 0.981. The van der Waals surface area contributed by atoms with Gasteiger partial charge in [-0.3, -0.25) is 4.79 Å². The van der Waals surface area contributed by atoms with E-state index in [2.05, 4.69) is 25.1 Å². The monoisotopic (exact) mass is 237 g/mol. The molecule has 1 aliphatic heterocycles. The number of hydrogen-bond donors (Lipinski definition) is 1. The molecule has 1 aromatic carbocycles. The molecule has 16 heavy (non-hydrogen) atoms. The first-order valence-corrected chi connectivity index (χ1v) is 6.23. The van der Waals surface area contributed by atoms with E-state index < -0.39 is 5.97 Å². The lowest BCUT2D eigenvalue weighted by Gasteiger charge is -2.31. The molecule has 2 rings (SSSR count). The van der Waals surface area contributed by atoms with Gasteiger partial charge in [0.15, 0.2) is 0 Å². The van der Waals surface area contributed by atoms with Gasteiger partial charge in [0.25, 0.3) is 0 Å². The van der Waals surface area contributed by atoms with Gasteiger partial charge < -0.3 is 10.0 Å². The molecule has 0 fully saturated rings. The summed E-state index contributed by atoms with van der Waals surface area (Å²) >= 11 is 1.46. The minimum Gasteiger partial charge on any atom is -0.480 e. The number of nitrogens with zero attached hydrogens (tertiary/aromatic N) is 1. The predicted octanol–water partition coefficient (Wildman–Crippen LogP) is 2.24. The van der Waals surface area contributed by atoms with Crippen molar-refractivity contribution in [1.82, 2.24) is 0 Å². The fourth-order valence-electron chi connectivity index (χ4n) is 1.85. The number of carbonyl (C=O) groups is 1. The minimum absolute atomic E-state index is 0.357. The Kier molecular flexibility index (Phi) is 3.10. The average molecular weight is 237 g/mol. The van der Waals surface area contributed by atoms with Crippen molar-refractivity contribution >= 4 is 23.4 Å². The maximum atomic E-state index is 11.0. The van der Waals surface area contributed by atoms with Crippen LogP contribution in [0.5, 0.6) is 0 Å². The number of aryl methyl sites for hydroxylation is 1. The highest BCUT2D eigenvalue weighted by atomic mass is 32.2. The zero-order valence-electron chi connectivity index (χ0n) is 9.43. The molecule has 1 unspecified atom stereocenters. The van der Waals surface area contributed by atoms with Crippen molar-refractivity contribution in [2.24, 2.45) is 0 Å². The number of fused-ring (bicyclic) bond motifs is 1. The molecule has 0 spiro atoms. The van der Waals surface area contributed by atoms with Gasteiger partial charge in [0.2, 0.25) is 0 Å². The fourth-order valence-corrected chi connectivity index (χ4v) is 3.12. The predicted molar refractivity (Wildman–Crippen MR) is 66.4 cm³/mol. The zero-order chi connectivity index (χ0) is 11.7. The highest BCUT2D eigenvalue weighted by Gasteiger charge is 2.27. The molecular formula is C12H15NO2S. The van der Waals surface area contributed by atoms with Crippen LogP contribution < -0.4 is 4.90 Å². The second-order valence-electron chi connectivity index (χ2n) is 3.98. The number of rotatable bonds is 2. The molecule has 0 bridgehead atoms. The SMILES string of the molecule is CCc1ccc2c(c1)SC(C(=O)O)CN2C. The third-order valence-corrected chi connectivity index (χ3v) is 4.04. The van der Waals surface area contributed by atoms with Crippen molar-refractivity contribution in [2.45, 2.75) is 23.5 Å². The zero-order valence-corrected chi connectivity index (χ0v) is 10.3. The highest BCUT2D eigenvalue weighted by Crippen LogP contribution is 2.38. The Morgan fingerprint density at radius 2 is 2.38 bits per heavy atom. The molecule has 3 nitrogen and oxygen atoms in total. The van der Waals surface area contributed by atoms with E-state index in [1.165, 1.54) is 17.3 Å². The minimum atomic E-state index is -0.732. The lowest BCUT2D eigenvalue weighted by Crippen LogP contribution is -2.35. The number of hydrogen-bond acceptors (Lipinski definition) is 3. The molecule has 1 atom stereocenters. The van der Waals surface area contributed by atoms with Gasteiger partial charge in [-0.15, -0.1) is 11.8 Å². The normalized spacial score (nSPS) is 19.4.